The smallest absolute Gasteiger partial charge is 0.259 e. The van der Waals surface area contributed by atoms with Gasteiger partial charge in [-0.15, -0.1) is 0 Å². The molecule has 2 aromatic heterocycles. The molecule has 0 unspecified atom stereocenters. The number of hydrogen-bond donors (Lipinski definition) is 1. The van der Waals surface area contributed by atoms with Crippen LogP contribution in [0.15, 0.2) is 6.07 Å². The highest BCUT2D eigenvalue weighted by molar-refractivity contribution is 6.01. The molecular weight excluding hydrogens is 318 g/mol. The number of nitrogens with two attached hydrogens (primary N) is 1. The second-order valence-corrected chi connectivity index (χ2v) is 6.74. The maximum absolute atomic E-state index is 13.1. The largest absolute Gasteiger partial charge is 0.378 e. The first-order valence-electron chi connectivity index (χ1n) is 8.95. The van der Waals surface area contributed by atoms with Gasteiger partial charge in [-0.05, 0) is 52.6 Å². The fraction of sp³-hybridized carbons (Fsp3) is 0.611. The molecule has 1 amide bonds. The highest BCUT2D eigenvalue weighted by Gasteiger charge is 2.28. The number of hydrogen-bond acceptors (Lipinski definition) is 5. The lowest BCUT2D eigenvalue weighted by Gasteiger charge is -2.32. The summed E-state index contributed by atoms with van der Waals surface area (Å²) in [4.78, 5) is 19.5. The number of amides is 1. The Morgan fingerprint density at radius 1 is 1.32 bits per heavy atom. The third-order valence-corrected chi connectivity index (χ3v) is 4.72. The van der Waals surface area contributed by atoms with E-state index in [-0.39, 0.29) is 12.0 Å². The molecular formula is C18H27N5O2. The highest BCUT2D eigenvalue weighted by Crippen LogP contribution is 2.21. The van der Waals surface area contributed by atoms with Gasteiger partial charge in [0.1, 0.15) is 5.56 Å². The SMILES string of the molecule is Cc1cc(C)n2nc(C)c(C(=O)N3CCC(OCCCN)CC3)c2n1. The van der Waals surface area contributed by atoms with Crippen LogP contribution >= 0.6 is 0 Å². The molecule has 0 spiro atoms. The molecule has 2 N–H and O–H groups in total. The summed E-state index contributed by atoms with van der Waals surface area (Å²) in [5, 5.41) is 4.50. The number of nitrogens with zero attached hydrogens (tertiary/aromatic N) is 4. The van der Waals surface area contributed by atoms with Crippen LogP contribution in [0.1, 0.15) is 46.7 Å². The van der Waals surface area contributed by atoms with E-state index >= 15 is 0 Å². The molecule has 1 aliphatic heterocycles. The molecule has 1 fully saturated rings. The number of piperidine rings is 1. The maximum atomic E-state index is 13.1. The van der Waals surface area contributed by atoms with Gasteiger partial charge in [-0.3, -0.25) is 4.79 Å². The summed E-state index contributed by atoms with van der Waals surface area (Å²) in [6.45, 7) is 8.54. The summed E-state index contributed by atoms with van der Waals surface area (Å²) in [5.74, 6) is 0.0189. The van der Waals surface area contributed by atoms with E-state index in [4.69, 9.17) is 10.5 Å². The van der Waals surface area contributed by atoms with Crippen molar-refractivity contribution in [1.29, 1.82) is 0 Å². The molecule has 0 bridgehead atoms. The number of fused-ring (bicyclic) bond motifs is 1. The molecule has 136 valence electrons. The first-order chi connectivity index (χ1) is 12.0. The fourth-order valence-corrected chi connectivity index (χ4v) is 3.39. The van der Waals surface area contributed by atoms with Crippen molar-refractivity contribution in [3.05, 3.63) is 28.7 Å². The number of aryl methyl sites for hydroxylation is 3. The van der Waals surface area contributed by atoms with E-state index in [0.29, 0.717) is 37.5 Å². The summed E-state index contributed by atoms with van der Waals surface area (Å²) in [6, 6.07) is 1.97. The number of carbonyl (C=O) groups is 1. The molecule has 7 heteroatoms. The normalized spacial score (nSPS) is 15.9. The summed E-state index contributed by atoms with van der Waals surface area (Å²) < 4.78 is 7.58. The van der Waals surface area contributed by atoms with E-state index in [1.807, 2.05) is 31.7 Å². The average Bonchev–Trinajstić information content (AvgIpc) is 2.91. The van der Waals surface area contributed by atoms with E-state index in [0.717, 1.165) is 36.3 Å². The lowest BCUT2D eigenvalue weighted by molar-refractivity contribution is 0.00848. The van der Waals surface area contributed by atoms with E-state index in [2.05, 4.69) is 10.1 Å². The molecule has 0 saturated carbocycles. The van der Waals surface area contributed by atoms with Crippen molar-refractivity contribution in [2.24, 2.45) is 5.73 Å². The lowest BCUT2D eigenvalue weighted by atomic mass is 10.1. The Labute approximate surface area is 148 Å². The predicted molar refractivity (Wildman–Crippen MR) is 95.7 cm³/mol. The van der Waals surface area contributed by atoms with Gasteiger partial charge in [0.25, 0.3) is 5.91 Å². The van der Waals surface area contributed by atoms with Crippen LogP contribution in [-0.4, -0.2) is 57.8 Å². The molecule has 0 atom stereocenters. The number of aromatic nitrogens is 3. The monoisotopic (exact) mass is 345 g/mol. The zero-order chi connectivity index (χ0) is 18.0. The number of carbonyl (C=O) groups excluding carboxylic acids is 1. The standard InChI is InChI=1S/C18H27N5O2/c1-12-11-13(2)23-17(20-12)16(14(3)21-23)18(24)22-8-5-15(6-9-22)25-10-4-7-19/h11,15H,4-10,19H2,1-3H3. The quantitative estimate of drug-likeness (QED) is 0.832. The van der Waals surface area contributed by atoms with Gasteiger partial charge in [0.05, 0.1) is 11.8 Å². The summed E-state index contributed by atoms with van der Waals surface area (Å²) in [5.41, 5.74) is 9.37. The summed E-state index contributed by atoms with van der Waals surface area (Å²) in [7, 11) is 0. The van der Waals surface area contributed by atoms with E-state index in [9.17, 15) is 4.79 Å². The van der Waals surface area contributed by atoms with Crippen LogP contribution in [0.2, 0.25) is 0 Å². The van der Waals surface area contributed by atoms with Crippen LogP contribution in [0.25, 0.3) is 5.65 Å². The van der Waals surface area contributed by atoms with Crippen LogP contribution in [0.3, 0.4) is 0 Å². The molecule has 3 rings (SSSR count). The number of likely N-dealkylation sites (tertiary alicyclic amines) is 1. The number of rotatable bonds is 5. The third kappa shape index (κ3) is 3.67. The lowest BCUT2D eigenvalue weighted by Crippen LogP contribution is -2.41. The Bertz CT molecular complexity index is 762. The van der Waals surface area contributed by atoms with Crippen molar-refractivity contribution < 1.29 is 9.53 Å². The minimum atomic E-state index is 0.0189. The van der Waals surface area contributed by atoms with Crippen LogP contribution < -0.4 is 5.73 Å². The second kappa shape index (κ2) is 7.49. The van der Waals surface area contributed by atoms with Crippen LogP contribution in [0, 0.1) is 20.8 Å². The van der Waals surface area contributed by atoms with Gasteiger partial charge in [0.15, 0.2) is 5.65 Å². The molecule has 0 radical (unpaired) electrons. The van der Waals surface area contributed by atoms with Gasteiger partial charge in [-0.1, -0.05) is 0 Å². The van der Waals surface area contributed by atoms with Crippen molar-refractivity contribution in [2.45, 2.75) is 46.1 Å². The minimum absolute atomic E-state index is 0.0189. The minimum Gasteiger partial charge on any atom is -0.378 e. The Morgan fingerprint density at radius 2 is 2.04 bits per heavy atom. The Kier molecular flexibility index (Phi) is 5.34. The van der Waals surface area contributed by atoms with Gasteiger partial charge in [0.2, 0.25) is 0 Å². The molecule has 25 heavy (non-hydrogen) atoms. The Morgan fingerprint density at radius 3 is 2.72 bits per heavy atom. The first kappa shape index (κ1) is 17.8. The molecule has 1 saturated heterocycles. The fourth-order valence-electron chi connectivity index (χ4n) is 3.39. The van der Waals surface area contributed by atoms with E-state index < -0.39 is 0 Å². The van der Waals surface area contributed by atoms with Gasteiger partial charge in [0, 0.05) is 31.1 Å². The third-order valence-electron chi connectivity index (χ3n) is 4.72. The number of ether oxygens (including phenoxy) is 1. The van der Waals surface area contributed by atoms with Crippen LogP contribution in [0.4, 0.5) is 0 Å². The Hall–Kier alpha value is -1.99. The van der Waals surface area contributed by atoms with Crippen molar-refractivity contribution in [1.82, 2.24) is 19.5 Å². The van der Waals surface area contributed by atoms with Crippen LogP contribution in [0.5, 0.6) is 0 Å². The van der Waals surface area contributed by atoms with Crippen molar-refractivity contribution >= 4 is 11.6 Å². The highest BCUT2D eigenvalue weighted by atomic mass is 16.5. The van der Waals surface area contributed by atoms with Crippen LogP contribution in [-0.2, 0) is 4.74 Å². The van der Waals surface area contributed by atoms with Crippen molar-refractivity contribution in [3.63, 3.8) is 0 Å². The molecule has 0 aliphatic carbocycles. The summed E-state index contributed by atoms with van der Waals surface area (Å²) in [6.07, 6.45) is 2.83. The predicted octanol–water partition coefficient (Wildman–Crippen LogP) is 1.62. The van der Waals surface area contributed by atoms with Crippen molar-refractivity contribution in [3.8, 4) is 0 Å². The second-order valence-electron chi connectivity index (χ2n) is 6.74. The molecule has 7 nitrogen and oxygen atoms in total. The van der Waals surface area contributed by atoms with Gasteiger partial charge in [-0.2, -0.15) is 5.10 Å². The van der Waals surface area contributed by atoms with Gasteiger partial charge < -0.3 is 15.4 Å². The molecule has 3 heterocycles. The van der Waals surface area contributed by atoms with E-state index in [1.54, 1.807) is 4.52 Å². The Balaban J connectivity index is 1.74. The molecule has 1 aliphatic rings. The zero-order valence-electron chi connectivity index (χ0n) is 15.3. The van der Waals surface area contributed by atoms with Gasteiger partial charge in [-0.25, -0.2) is 9.50 Å². The molecule has 2 aromatic rings. The van der Waals surface area contributed by atoms with Gasteiger partial charge >= 0.3 is 0 Å². The topological polar surface area (TPSA) is 85.8 Å². The molecule has 0 aromatic carbocycles. The summed E-state index contributed by atoms with van der Waals surface area (Å²) >= 11 is 0. The van der Waals surface area contributed by atoms with E-state index in [1.165, 1.54) is 0 Å². The first-order valence-corrected chi connectivity index (χ1v) is 8.95. The average molecular weight is 345 g/mol. The zero-order valence-corrected chi connectivity index (χ0v) is 15.3. The maximum Gasteiger partial charge on any atom is 0.259 e. The van der Waals surface area contributed by atoms with Crippen molar-refractivity contribution in [2.75, 3.05) is 26.2 Å².